The summed E-state index contributed by atoms with van der Waals surface area (Å²) in [6, 6.07) is 0.927. The third-order valence-electron chi connectivity index (χ3n) is 2.41. The first kappa shape index (κ1) is 14.3. The lowest BCUT2D eigenvalue weighted by atomic mass is 10.4. The van der Waals surface area contributed by atoms with Gasteiger partial charge in [-0.2, -0.15) is 4.31 Å². The Kier molecular flexibility index (Phi) is 4.19. The van der Waals surface area contributed by atoms with Gasteiger partial charge in [-0.1, -0.05) is 13.8 Å². The molecule has 0 atom stereocenters. The molecule has 1 heterocycles. The molecule has 0 fully saturated rings. The first-order chi connectivity index (χ1) is 8.34. The Morgan fingerprint density at radius 1 is 1.44 bits per heavy atom. The molecule has 0 saturated carbocycles. The van der Waals surface area contributed by atoms with Crippen molar-refractivity contribution in [3.05, 3.63) is 22.4 Å². The zero-order valence-corrected chi connectivity index (χ0v) is 10.8. The molecule has 1 rings (SSSR count). The second kappa shape index (κ2) is 5.27. The maximum absolute atomic E-state index is 12.1. The van der Waals surface area contributed by atoms with Gasteiger partial charge in [0.15, 0.2) is 0 Å². The van der Waals surface area contributed by atoms with Crippen molar-refractivity contribution in [3.8, 4) is 0 Å². The van der Waals surface area contributed by atoms with E-state index in [-0.39, 0.29) is 23.8 Å². The standard InChI is InChI=1S/C9H14N4O4S/c1-3-12(4-2)18(16,17)7-5-8(13(14)15)9(10)11-6-7/h5-6H,3-4H2,1-2H3,(H2,10,11). The van der Waals surface area contributed by atoms with Crippen molar-refractivity contribution in [2.45, 2.75) is 18.7 Å². The van der Waals surface area contributed by atoms with Gasteiger partial charge in [-0.05, 0) is 0 Å². The van der Waals surface area contributed by atoms with Gasteiger partial charge >= 0.3 is 5.69 Å². The summed E-state index contributed by atoms with van der Waals surface area (Å²) in [5.74, 6) is -0.307. The van der Waals surface area contributed by atoms with Gasteiger partial charge in [0, 0.05) is 25.4 Å². The predicted octanol–water partition coefficient (Wildman–Crippen LogP) is 0.603. The highest BCUT2D eigenvalue weighted by Crippen LogP contribution is 2.24. The number of rotatable bonds is 5. The van der Waals surface area contributed by atoms with Crippen LogP contribution in [0, 0.1) is 10.1 Å². The summed E-state index contributed by atoms with van der Waals surface area (Å²) in [5, 5.41) is 10.7. The molecule has 2 N–H and O–H groups in total. The molecule has 0 radical (unpaired) electrons. The number of hydrogen-bond donors (Lipinski definition) is 1. The van der Waals surface area contributed by atoms with Gasteiger partial charge in [0.1, 0.15) is 4.90 Å². The molecule has 0 aliphatic rings. The van der Waals surface area contributed by atoms with Crippen molar-refractivity contribution in [2.75, 3.05) is 18.8 Å². The Labute approximate surface area is 105 Å². The highest BCUT2D eigenvalue weighted by molar-refractivity contribution is 7.89. The number of anilines is 1. The normalized spacial score (nSPS) is 11.7. The van der Waals surface area contributed by atoms with Gasteiger partial charge < -0.3 is 5.73 Å². The molecule has 0 unspecified atom stereocenters. The van der Waals surface area contributed by atoms with Crippen molar-refractivity contribution in [2.24, 2.45) is 0 Å². The fourth-order valence-electron chi connectivity index (χ4n) is 1.45. The van der Waals surface area contributed by atoms with Gasteiger partial charge in [0.2, 0.25) is 15.8 Å². The highest BCUT2D eigenvalue weighted by Gasteiger charge is 2.25. The van der Waals surface area contributed by atoms with Crippen molar-refractivity contribution in [1.82, 2.24) is 9.29 Å². The molecule has 0 bridgehead atoms. The molecule has 100 valence electrons. The summed E-state index contributed by atoms with van der Waals surface area (Å²) < 4.78 is 25.4. The number of aromatic nitrogens is 1. The summed E-state index contributed by atoms with van der Waals surface area (Å²) in [5.41, 5.74) is 4.80. The van der Waals surface area contributed by atoms with Crippen LogP contribution in [0.3, 0.4) is 0 Å². The number of pyridine rings is 1. The first-order valence-corrected chi connectivity index (χ1v) is 6.68. The van der Waals surface area contributed by atoms with Crippen LogP contribution in [0.4, 0.5) is 11.5 Å². The van der Waals surface area contributed by atoms with Crippen molar-refractivity contribution in [3.63, 3.8) is 0 Å². The van der Waals surface area contributed by atoms with Gasteiger partial charge in [-0.3, -0.25) is 10.1 Å². The van der Waals surface area contributed by atoms with Crippen LogP contribution in [0.15, 0.2) is 17.2 Å². The summed E-state index contributed by atoms with van der Waals surface area (Å²) in [6.45, 7) is 3.91. The summed E-state index contributed by atoms with van der Waals surface area (Å²) >= 11 is 0. The molecule has 0 aromatic carbocycles. The zero-order valence-electron chi connectivity index (χ0n) is 10.0. The SMILES string of the molecule is CCN(CC)S(=O)(=O)c1cnc(N)c([N+](=O)[O-])c1. The molecule has 1 aromatic heterocycles. The van der Waals surface area contributed by atoms with Gasteiger partial charge in [0.25, 0.3) is 0 Å². The molecule has 0 aliphatic heterocycles. The Balaban J connectivity index is 3.34. The minimum atomic E-state index is -3.76. The molecule has 0 amide bonds. The monoisotopic (exact) mass is 274 g/mol. The van der Waals surface area contributed by atoms with Gasteiger partial charge in [-0.25, -0.2) is 13.4 Å². The molecule has 0 spiro atoms. The molecule has 0 aliphatic carbocycles. The average Bonchev–Trinajstić information content (AvgIpc) is 2.30. The van der Waals surface area contributed by atoms with Crippen LogP contribution in [0.5, 0.6) is 0 Å². The maximum atomic E-state index is 12.1. The van der Waals surface area contributed by atoms with Crippen LogP contribution in [0.2, 0.25) is 0 Å². The van der Waals surface area contributed by atoms with E-state index in [9.17, 15) is 18.5 Å². The number of nitrogens with zero attached hydrogens (tertiary/aromatic N) is 3. The van der Waals surface area contributed by atoms with Crippen LogP contribution >= 0.6 is 0 Å². The number of hydrogen-bond acceptors (Lipinski definition) is 6. The van der Waals surface area contributed by atoms with E-state index in [1.807, 2.05) is 0 Å². The van der Waals surface area contributed by atoms with E-state index in [1.54, 1.807) is 13.8 Å². The van der Waals surface area contributed by atoms with E-state index in [4.69, 9.17) is 5.73 Å². The van der Waals surface area contributed by atoms with E-state index in [0.29, 0.717) is 0 Å². The molecule has 9 heteroatoms. The molecular weight excluding hydrogens is 260 g/mol. The second-order valence-corrected chi connectivity index (χ2v) is 5.36. The highest BCUT2D eigenvalue weighted by atomic mass is 32.2. The summed E-state index contributed by atoms with van der Waals surface area (Å²) in [7, 11) is -3.76. The average molecular weight is 274 g/mol. The van der Waals surface area contributed by atoms with Crippen LogP contribution in [0.25, 0.3) is 0 Å². The lowest BCUT2D eigenvalue weighted by molar-refractivity contribution is -0.384. The fourth-order valence-corrected chi connectivity index (χ4v) is 2.87. The second-order valence-electron chi connectivity index (χ2n) is 3.42. The zero-order chi connectivity index (χ0) is 13.9. The molecule has 0 saturated heterocycles. The Morgan fingerprint density at radius 2 is 2.00 bits per heavy atom. The van der Waals surface area contributed by atoms with E-state index in [2.05, 4.69) is 4.98 Å². The van der Waals surface area contributed by atoms with Crippen molar-refractivity contribution >= 4 is 21.5 Å². The Hall–Kier alpha value is -1.74. The minimum Gasteiger partial charge on any atom is -0.378 e. The third kappa shape index (κ3) is 2.57. The van der Waals surface area contributed by atoms with Crippen LogP contribution in [-0.2, 0) is 10.0 Å². The molecule has 18 heavy (non-hydrogen) atoms. The summed E-state index contributed by atoms with van der Waals surface area (Å²) in [6.07, 6.45) is 1.02. The lowest BCUT2D eigenvalue weighted by Crippen LogP contribution is -2.30. The van der Waals surface area contributed by atoms with Gasteiger partial charge in [-0.15, -0.1) is 0 Å². The van der Waals surface area contributed by atoms with Gasteiger partial charge in [0.05, 0.1) is 4.92 Å². The van der Waals surface area contributed by atoms with E-state index in [1.165, 1.54) is 4.31 Å². The quantitative estimate of drug-likeness (QED) is 0.620. The smallest absolute Gasteiger partial charge is 0.312 e. The Morgan fingerprint density at radius 3 is 2.44 bits per heavy atom. The van der Waals surface area contributed by atoms with E-state index >= 15 is 0 Å². The third-order valence-corrected chi connectivity index (χ3v) is 4.43. The predicted molar refractivity (Wildman–Crippen MR) is 65.4 cm³/mol. The number of nitro groups is 1. The summed E-state index contributed by atoms with van der Waals surface area (Å²) in [4.78, 5) is 13.2. The van der Waals surface area contributed by atoms with E-state index < -0.39 is 20.6 Å². The molecular formula is C9H14N4O4S. The van der Waals surface area contributed by atoms with E-state index in [0.717, 1.165) is 12.3 Å². The maximum Gasteiger partial charge on any atom is 0.312 e. The molecule has 1 aromatic rings. The fraction of sp³-hybridized carbons (Fsp3) is 0.444. The number of nitrogens with two attached hydrogens (primary N) is 1. The van der Waals surface area contributed by atoms with Crippen LogP contribution < -0.4 is 5.73 Å². The topological polar surface area (TPSA) is 119 Å². The van der Waals surface area contributed by atoms with Crippen LogP contribution in [-0.4, -0.2) is 35.7 Å². The van der Waals surface area contributed by atoms with Crippen LogP contribution in [0.1, 0.15) is 13.8 Å². The van der Waals surface area contributed by atoms with Crippen molar-refractivity contribution in [1.29, 1.82) is 0 Å². The largest absolute Gasteiger partial charge is 0.378 e. The minimum absolute atomic E-state index is 0.230. The lowest BCUT2D eigenvalue weighted by Gasteiger charge is -2.17. The van der Waals surface area contributed by atoms with Crippen molar-refractivity contribution < 1.29 is 13.3 Å². The molecule has 8 nitrogen and oxygen atoms in total. The number of sulfonamides is 1. The number of nitrogen functional groups attached to an aromatic ring is 1. The Bertz CT molecular complexity index is 554. The first-order valence-electron chi connectivity index (χ1n) is 5.24.